The summed E-state index contributed by atoms with van der Waals surface area (Å²) >= 11 is 3.40. The van der Waals surface area contributed by atoms with Crippen molar-refractivity contribution in [1.29, 1.82) is 0 Å². The van der Waals surface area contributed by atoms with E-state index in [0.717, 1.165) is 27.7 Å². The average molecular weight is 402 g/mol. The Balaban J connectivity index is 1.64. The highest BCUT2D eigenvalue weighted by Crippen LogP contribution is 2.22. The fourth-order valence-corrected chi connectivity index (χ4v) is 3.00. The van der Waals surface area contributed by atoms with E-state index in [0.29, 0.717) is 18.7 Å². The van der Waals surface area contributed by atoms with Crippen LogP contribution in [0, 0.1) is 6.92 Å². The summed E-state index contributed by atoms with van der Waals surface area (Å²) in [6, 6.07) is 15.3. The zero-order valence-corrected chi connectivity index (χ0v) is 15.9. The molecule has 0 radical (unpaired) electrons. The van der Waals surface area contributed by atoms with Crippen LogP contribution >= 0.6 is 15.9 Å². The van der Waals surface area contributed by atoms with Crippen LogP contribution in [0.25, 0.3) is 11.0 Å². The van der Waals surface area contributed by atoms with Gasteiger partial charge in [-0.05, 0) is 49.9 Å². The van der Waals surface area contributed by atoms with Gasteiger partial charge < -0.3 is 9.15 Å². The van der Waals surface area contributed by atoms with Gasteiger partial charge in [0.15, 0.2) is 0 Å². The summed E-state index contributed by atoms with van der Waals surface area (Å²) in [5.41, 5.74) is 2.44. The van der Waals surface area contributed by atoms with E-state index in [9.17, 15) is 4.79 Å². The number of benzene rings is 2. The van der Waals surface area contributed by atoms with E-state index in [-0.39, 0.29) is 5.63 Å². The van der Waals surface area contributed by atoms with Crippen LogP contribution in [0.1, 0.15) is 11.1 Å². The van der Waals surface area contributed by atoms with E-state index < -0.39 is 0 Å². The second-order valence-corrected chi connectivity index (χ2v) is 7.05. The molecule has 1 aromatic heterocycles. The van der Waals surface area contributed by atoms with Crippen molar-refractivity contribution in [2.45, 2.75) is 13.5 Å². The summed E-state index contributed by atoms with van der Waals surface area (Å²) in [5, 5.41) is 0.953. The number of hydrogen-bond donors (Lipinski definition) is 0. The fraction of sp³-hybridized carbons (Fsp3) is 0.250. The van der Waals surface area contributed by atoms with Crippen LogP contribution in [0.5, 0.6) is 5.75 Å². The molecule has 2 aromatic carbocycles. The minimum atomic E-state index is -0.329. The zero-order chi connectivity index (χ0) is 17.8. The van der Waals surface area contributed by atoms with Gasteiger partial charge in [-0.15, -0.1) is 0 Å². The minimum absolute atomic E-state index is 0.329. The highest BCUT2D eigenvalue weighted by atomic mass is 79.9. The van der Waals surface area contributed by atoms with Crippen molar-refractivity contribution in [2.24, 2.45) is 0 Å². The highest BCUT2D eigenvalue weighted by Gasteiger charge is 2.09. The Morgan fingerprint density at radius 3 is 2.64 bits per heavy atom. The molecule has 0 fully saturated rings. The van der Waals surface area contributed by atoms with Gasteiger partial charge in [0, 0.05) is 29.0 Å². The molecule has 0 spiro atoms. The van der Waals surface area contributed by atoms with Crippen LogP contribution < -0.4 is 10.4 Å². The molecule has 0 saturated carbocycles. The fourth-order valence-electron chi connectivity index (χ4n) is 2.66. The second kappa shape index (κ2) is 7.85. The molecule has 0 bridgehead atoms. The van der Waals surface area contributed by atoms with Gasteiger partial charge >= 0.3 is 5.63 Å². The van der Waals surface area contributed by atoms with Gasteiger partial charge in [-0.3, -0.25) is 4.90 Å². The topological polar surface area (TPSA) is 42.7 Å². The molecule has 25 heavy (non-hydrogen) atoms. The maximum atomic E-state index is 11.8. The molecule has 0 amide bonds. The third kappa shape index (κ3) is 4.71. The lowest BCUT2D eigenvalue weighted by Crippen LogP contribution is -2.24. The van der Waals surface area contributed by atoms with Crippen molar-refractivity contribution in [3.8, 4) is 5.75 Å². The maximum Gasteiger partial charge on any atom is 0.336 e. The lowest BCUT2D eigenvalue weighted by atomic mass is 10.1. The molecule has 4 nitrogen and oxygen atoms in total. The number of fused-ring (bicyclic) bond motifs is 1. The molecular weight excluding hydrogens is 382 g/mol. The van der Waals surface area contributed by atoms with E-state index in [1.165, 1.54) is 5.56 Å². The van der Waals surface area contributed by atoms with E-state index in [1.54, 1.807) is 6.07 Å². The first-order chi connectivity index (χ1) is 12.0. The number of halogens is 1. The van der Waals surface area contributed by atoms with Crippen LogP contribution in [-0.2, 0) is 6.54 Å². The van der Waals surface area contributed by atoms with Crippen LogP contribution in [0.3, 0.4) is 0 Å². The number of rotatable bonds is 6. The average Bonchev–Trinajstić information content (AvgIpc) is 2.56. The van der Waals surface area contributed by atoms with E-state index in [4.69, 9.17) is 9.15 Å². The molecule has 1 heterocycles. The normalized spacial score (nSPS) is 11.2. The molecule has 0 unspecified atom stereocenters. The molecule has 130 valence electrons. The Kier molecular flexibility index (Phi) is 5.56. The van der Waals surface area contributed by atoms with Gasteiger partial charge in [0.1, 0.15) is 17.9 Å². The standard InChI is InChI=1S/C20H20BrNO3/c1-14-3-6-17(7-4-14)24-10-9-22(2)13-15-11-20(23)25-19-12-16(21)5-8-18(15)19/h3-8,11-12H,9-10,13H2,1-2H3. The molecular formula is C20H20BrNO3. The summed E-state index contributed by atoms with van der Waals surface area (Å²) < 4.78 is 11.9. The highest BCUT2D eigenvalue weighted by molar-refractivity contribution is 9.10. The number of ether oxygens (including phenoxy) is 1. The van der Waals surface area contributed by atoms with E-state index >= 15 is 0 Å². The molecule has 0 aliphatic rings. The molecule has 5 heteroatoms. The smallest absolute Gasteiger partial charge is 0.336 e. The SMILES string of the molecule is Cc1ccc(OCCN(C)Cc2cc(=O)oc3cc(Br)ccc23)cc1. The summed E-state index contributed by atoms with van der Waals surface area (Å²) in [6.45, 7) is 4.05. The van der Waals surface area contributed by atoms with Crippen molar-refractivity contribution >= 4 is 26.9 Å². The first-order valence-corrected chi connectivity index (χ1v) is 8.91. The molecule has 0 aliphatic carbocycles. The number of aryl methyl sites for hydroxylation is 1. The lowest BCUT2D eigenvalue weighted by molar-refractivity contribution is 0.233. The Hall–Kier alpha value is -2.11. The Labute approximate surface area is 155 Å². The van der Waals surface area contributed by atoms with Crippen molar-refractivity contribution in [3.63, 3.8) is 0 Å². The summed E-state index contributed by atoms with van der Waals surface area (Å²) in [4.78, 5) is 13.9. The summed E-state index contributed by atoms with van der Waals surface area (Å²) in [6.07, 6.45) is 0. The molecule has 0 saturated heterocycles. The van der Waals surface area contributed by atoms with Crippen molar-refractivity contribution in [1.82, 2.24) is 4.90 Å². The monoisotopic (exact) mass is 401 g/mol. The van der Waals surface area contributed by atoms with Gasteiger partial charge in [-0.2, -0.15) is 0 Å². The third-order valence-electron chi connectivity index (χ3n) is 4.00. The van der Waals surface area contributed by atoms with Gasteiger partial charge in [-0.25, -0.2) is 4.79 Å². The molecule has 3 aromatic rings. The first-order valence-electron chi connectivity index (χ1n) is 8.11. The quantitative estimate of drug-likeness (QED) is 0.575. The van der Waals surface area contributed by atoms with Crippen LogP contribution in [0.2, 0.25) is 0 Å². The van der Waals surface area contributed by atoms with Crippen molar-refractivity contribution < 1.29 is 9.15 Å². The van der Waals surface area contributed by atoms with Gasteiger partial charge in [0.2, 0.25) is 0 Å². The summed E-state index contributed by atoms with van der Waals surface area (Å²) in [7, 11) is 2.01. The van der Waals surface area contributed by atoms with Crippen molar-refractivity contribution in [3.05, 3.63) is 74.6 Å². The molecule has 0 atom stereocenters. The number of hydrogen-bond acceptors (Lipinski definition) is 4. The maximum absolute atomic E-state index is 11.8. The zero-order valence-electron chi connectivity index (χ0n) is 14.3. The first kappa shape index (κ1) is 17.7. The van der Waals surface area contributed by atoms with Gasteiger partial charge in [0.05, 0.1) is 0 Å². The van der Waals surface area contributed by atoms with Gasteiger partial charge in [-0.1, -0.05) is 33.6 Å². The molecule has 0 N–H and O–H groups in total. The largest absolute Gasteiger partial charge is 0.492 e. The third-order valence-corrected chi connectivity index (χ3v) is 4.49. The van der Waals surface area contributed by atoms with Crippen LogP contribution in [-0.4, -0.2) is 25.1 Å². The Morgan fingerprint density at radius 2 is 1.88 bits per heavy atom. The van der Waals surface area contributed by atoms with E-state index in [2.05, 4.69) is 27.8 Å². The Morgan fingerprint density at radius 1 is 1.12 bits per heavy atom. The Bertz CT molecular complexity index is 918. The second-order valence-electron chi connectivity index (χ2n) is 6.13. The van der Waals surface area contributed by atoms with Gasteiger partial charge in [0.25, 0.3) is 0 Å². The lowest BCUT2D eigenvalue weighted by Gasteiger charge is -2.18. The minimum Gasteiger partial charge on any atom is -0.492 e. The number of likely N-dealkylation sites (N-methyl/N-ethyl adjacent to an activating group) is 1. The van der Waals surface area contributed by atoms with Crippen LogP contribution in [0.15, 0.2) is 62.2 Å². The molecule has 3 rings (SSSR count). The van der Waals surface area contributed by atoms with Crippen molar-refractivity contribution in [2.75, 3.05) is 20.2 Å². The predicted octanol–water partition coefficient (Wildman–Crippen LogP) is 4.37. The summed E-state index contributed by atoms with van der Waals surface area (Å²) in [5.74, 6) is 0.870. The molecule has 0 aliphatic heterocycles. The predicted molar refractivity (Wildman–Crippen MR) is 103 cm³/mol. The number of nitrogens with zero attached hydrogens (tertiary/aromatic N) is 1. The van der Waals surface area contributed by atoms with Crippen LogP contribution in [0.4, 0.5) is 0 Å². The van der Waals surface area contributed by atoms with E-state index in [1.807, 2.05) is 49.5 Å².